The third-order valence-electron chi connectivity index (χ3n) is 7.33. The van der Waals surface area contributed by atoms with Gasteiger partial charge in [0.2, 0.25) is 5.91 Å². The Hall–Kier alpha value is -3.73. The van der Waals surface area contributed by atoms with E-state index in [9.17, 15) is 22.8 Å². The molecule has 2 aliphatic heterocycles. The van der Waals surface area contributed by atoms with E-state index in [4.69, 9.17) is 4.74 Å². The molecule has 1 saturated heterocycles. The molecule has 1 fully saturated rings. The molecule has 0 spiro atoms. The van der Waals surface area contributed by atoms with Gasteiger partial charge in [-0.25, -0.2) is 18.2 Å². The molecule has 0 radical (unpaired) electrons. The number of carbonyl (C=O) groups excluding carboxylic acids is 3. The zero-order valence-electron chi connectivity index (χ0n) is 24.2. The molecule has 0 bridgehead atoms. The zero-order chi connectivity index (χ0) is 30.0. The predicted molar refractivity (Wildman–Crippen MR) is 155 cm³/mol. The Labute approximate surface area is 241 Å². The lowest BCUT2D eigenvalue weighted by atomic mass is 9.73. The lowest BCUT2D eigenvalue weighted by Gasteiger charge is -2.40. The highest BCUT2D eigenvalue weighted by Crippen LogP contribution is 2.38. The van der Waals surface area contributed by atoms with Gasteiger partial charge in [-0.05, 0) is 57.2 Å². The molecule has 11 heteroatoms. The van der Waals surface area contributed by atoms with Crippen molar-refractivity contribution in [2.24, 2.45) is 10.5 Å². The molecule has 10 nitrogen and oxygen atoms in total. The van der Waals surface area contributed by atoms with Crippen LogP contribution in [0.5, 0.6) is 0 Å². The second-order valence-corrected chi connectivity index (χ2v) is 13.7. The standard InChI is InChI=1S/C30H38N4O6S/c1-29(2,3)40-28(37)31-23(16-15-22-13-9-10-14-24(22)41(5,38)39)26(35)34-18-17-25-30(20-34,27(36)33(4)32-25)19-21-11-7-6-8-12-21/h6-14,23H,15-20H2,1-5H3,(H,31,37)/t23?,30-/m1/s1. The number of alkyl carbamates (subject to hydrolysis) is 1. The lowest BCUT2D eigenvalue weighted by Crippen LogP contribution is -2.59. The van der Waals surface area contributed by atoms with Crippen molar-refractivity contribution in [3.05, 3.63) is 65.7 Å². The highest BCUT2D eigenvalue weighted by atomic mass is 32.2. The van der Waals surface area contributed by atoms with Crippen molar-refractivity contribution in [2.75, 3.05) is 26.4 Å². The van der Waals surface area contributed by atoms with Gasteiger partial charge in [0.25, 0.3) is 5.91 Å². The SMILES string of the molecule is CN1N=C2CCN(C(=O)C(CCc3ccccc3S(C)(=O)=O)NC(=O)OC(C)(C)C)C[C@@]2(Cc2ccccc2)C1=O. The molecule has 41 heavy (non-hydrogen) atoms. The first-order chi connectivity index (χ1) is 19.2. The molecule has 4 rings (SSSR count). The van der Waals surface area contributed by atoms with Gasteiger partial charge in [-0.3, -0.25) is 9.59 Å². The van der Waals surface area contributed by atoms with E-state index in [0.29, 0.717) is 24.9 Å². The normalized spacial score (nSPS) is 19.8. The second-order valence-electron chi connectivity index (χ2n) is 11.7. The fourth-order valence-electron chi connectivity index (χ4n) is 5.51. The molecule has 2 heterocycles. The number of hydrogen-bond acceptors (Lipinski definition) is 7. The van der Waals surface area contributed by atoms with Crippen LogP contribution in [0.15, 0.2) is 64.6 Å². The number of rotatable bonds is 8. The van der Waals surface area contributed by atoms with E-state index in [1.807, 2.05) is 30.3 Å². The van der Waals surface area contributed by atoms with Crippen LogP contribution in [0.25, 0.3) is 0 Å². The average Bonchev–Trinajstić information content (AvgIpc) is 3.14. The van der Waals surface area contributed by atoms with E-state index >= 15 is 0 Å². The summed E-state index contributed by atoms with van der Waals surface area (Å²) in [6.07, 6.45) is 1.58. The molecular formula is C30H38N4O6S. The number of carbonyl (C=O) groups is 3. The minimum atomic E-state index is -3.49. The van der Waals surface area contributed by atoms with Crippen LogP contribution in [-0.4, -0.2) is 80.0 Å². The molecular weight excluding hydrogens is 544 g/mol. The number of fused-ring (bicyclic) bond motifs is 1. The monoisotopic (exact) mass is 582 g/mol. The van der Waals surface area contributed by atoms with Crippen LogP contribution >= 0.6 is 0 Å². The van der Waals surface area contributed by atoms with Crippen LogP contribution in [0, 0.1) is 5.41 Å². The van der Waals surface area contributed by atoms with Crippen LogP contribution in [0.1, 0.15) is 44.7 Å². The number of benzene rings is 2. The first kappa shape index (κ1) is 30.2. The Balaban J connectivity index is 1.61. The van der Waals surface area contributed by atoms with Crippen molar-refractivity contribution in [2.45, 2.75) is 63.0 Å². The maximum atomic E-state index is 14.0. The quantitative estimate of drug-likeness (QED) is 0.510. The molecule has 2 aliphatic rings. The summed E-state index contributed by atoms with van der Waals surface area (Å²) in [4.78, 5) is 42.1. The number of hydrazone groups is 1. The molecule has 0 aromatic heterocycles. The summed E-state index contributed by atoms with van der Waals surface area (Å²) in [5, 5.41) is 8.58. The summed E-state index contributed by atoms with van der Waals surface area (Å²) < 4.78 is 30.1. The van der Waals surface area contributed by atoms with Gasteiger partial charge in [0.15, 0.2) is 9.84 Å². The number of nitrogens with one attached hydrogen (secondary N) is 1. The lowest BCUT2D eigenvalue weighted by molar-refractivity contribution is -0.140. The third-order valence-corrected chi connectivity index (χ3v) is 8.53. The summed E-state index contributed by atoms with van der Waals surface area (Å²) in [7, 11) is -1.87. The van der Waals surface area contributed by atoms with E-state index < -0.39 is 33.0 Å². The van der Waals surface area contributed by atoms with Crippen LogP contribution in [0.2, 0.25) is 0 Å². The third kappa shape index (κ3) is 6.95. The first-order valence-corrected chi connectivity index (χ1v) is 15.5. The number of aryl methyl sites for hydroxylation is 1. The van der Waals surface area contributed by atoms with E-state index in [2.05, 4.69) is 10.4 Å². The molecule has 2 aromatic rings. The second kappa shape index (κ2) is 11.6. The van der Waals surface area contributed by atoms with Crippen molar-refractivity contribution < 1.29 is 27.5 Å². The summed E-state index contributed by atoms with van der Waals surface area (Å²) >= 11 is 0. The van der Waals surface area contributed by atoms with Gasteiger partial charge in [0, 0.05) is 32.8 Å². The largest absolute Gasteiger partial charge is 0.444 e. The topological polar surface area (TPSA) is 125 Å². The van der Waals surface area contributed by atoms with Gasteiger partial charge in [0.05, 0.1) is 10.6 Å². The van der Waals surface area contributed by atoms with Crippen molar-refractivity contribution in [1.82, 2.24) is 15.2 Å². The molecule has 2 atom stereocenters. The number of piperidine rings is 1. The Morgan fingerprint density at radius 3 is 2.41 bits per heavy atom. The summed E-state index contributed by atoms with van der Waals surface area (Å²) in [5.74, 6) is -0.533. The van der Waals surface area contributed by atoms with Gasteiger partial charge in [-0.2, -0.15) is 5.10 Å². The minimum absolute atomic E-state index is 0.120. The van der Waals surface area contributed by atoms with E-state index in [1.54, 1.807) is 50.9 Å². The van der Waals surface area contributed by atoms with Gasteiger partial charge in [-0.15, -0.1) is 0 Å². The van der Waals surface area contributed by atoms with E-state index in [-0.39, 0.29) is 36.1 Å². The summed E-state index contributed by atoms with van der Waals surface area (Å²) in [6, 6.07) is 15.2. The maximum absolute atomic E-state index is 14.0. The van der Waals surface area contributed by atoms with Crippen molar-refractivity contribution in [1.29, 1.82) is 0 Å². The Kier molecular flexibility index (Phi) is 8.58. The summed E-state index contributed by atoms with van der Waals surface area (Å²) in [6.45, 7) is 5.64. The minimum Gasteiger partial charge on any atom is -0.444 e. The fourth-order valence-corrected chi connectivity index (χ4v) is 6.49. The molecule has 3 amide bonds. The number of likely N-dealkylation sites (tertiary alicyclic amines) is 1. The molecule has 1 unspecified atom stereocenters. The number of amides is 3. The molecule has 220 valence electrons. The number of ether oxygens (including phenoxy) is 1. The van der Waals surface area contributed by atoms with Crippen LogP contribution in [0.4, 0.5) is 4.79 Å². The average molecular weight is 583 g/mol. The van der Waals surface area contributed by atoms with Crippen molar-refractivity contribution in [3.63, 3.8) is 0 Å². The van der Waals surface area contributed by atoms with Gasteiger partial charge >= 0.3 is 6.09 Å². The van der Waals surface area contributed by atoms with Crippen molar-refractivity contribution >= 4 is 33.5 Å². The van der Waals surface area contributed by atoms with Gasteiger partial charge in [0.1, 0.15) is 17.1 Å². The van der Waals surface area contributed by atoms with Gasteiger partial charge < -0.3 is 15.0 Å². The summed E-state index contributed by atoms with van der Waals surface area (Å²) in [5.41, 5.74) is 0.483. The Morgan fingerprint density at radius 1 is 1.10 bits per heavy atom. The predicted octanol–water partition coefficient (Wildman–Crippen LogP) is 3.21. The zero-order valence-corrected chi connectivity index (χ0v) is 25.0. The van der Waals surface area contributed by atoms with Gasteiger partial charge in [-0.1, -0.05) is 48.5 Å². The van der Waals surface area contributed by atoms with Crippen molar-refractivity contribution in [3.8, 4) is 0 Å². The maximum Gasteiger partial charge on any atom is 0.408 e. The highest BCUT2D eigenvalue weighted by Gasteiger charge is 2.53. The number of sulfone groups is 1. The van der Waals surface area contributed by atoms with Crippen LogP contribution < -0.4 is 5.32 Å². The van der Waals surface area contributed by atoms with E-state index in [1.165, 1.54) is 11.1 Å². The van der Waals surface area contributed by atoms with Crippen LogP contribution in [0.3, 0.4) is 0 Å². The molecule has 1 N–H and O–H groups in total. The Bertz CT molecular complexity index is 1450. The molecule has 2 aromatic carbocycles. The van der Waals surface area contributed by atoms with E-state index in [0.717, 1.165) is 17.5 Å². The molecule has 0 saturated carbocycles. The highest BCUT2D eigenvalue weighted by molar-refractivity contribution is 7.90. The fraction of sp³-hybridized carbons (Fsp3) is 0.467. The Morgan fingerprint density at radius 2 is 1.76 bits per heavy atom. The number of nitrogens with zero attached hydrogens (tertiary/aromatic N) is 3. The van der Waals surface area contributed by atoms with Crippen LogP contribution in [-0.2, 0) is 37.0 Å². The number of hydrogen-bond donors (Lipinski definition) is 1. The molecule has 0 aliphatic carbocycles. The smallest absolute Gasteiger partial charge is 0.408 e. The first-order valence-electron chi connectivity index (χ1n) is 13.7.